The normalized spacial score (nSPS) is 17.4. The van der Waals surface area contributed by atoms with Gasteiger partial charge in [0.05, 0.1) is 6.10 Å². The van der Waals surface area contributed by atoms with Crippen molar-refractivity contribution in [1.29, 1.82) is 0 Å². The van der Waals surface area contributed by atoms with Crippen molar-refractivity contribution in [2.24, 2.45) is 0 Å². The fourth-order valence-corrected chi connectivity index (χ4v) is 3.18. The number of rotatable bonds is 5. The predicted molar refractivity (Wildman–Crippen MR) is 100 cm³/mol. The highest BCUT2D eigenvalue weighted by atomic mass is 35.5. The number of methoxy groups -OCH3 is 1. The van der Waals surface area contributed by atoms with Crippen molar-refractivity contribution in [3.63, 3.8) is 0 Å². The summed E-state index contributed by atoms with van der Waals surface area (Å²) in [6.45, 7) is 3.58. The number of ether oxygens (including phenoxy) is 1. The highest BCUT2D eigenvalue weighted by Crippen LogP contribution is 2.29. The molecule has 136 valence electrons. The molecule has 0 spiro atoms. The number of halogens is 1. The number of carbonyl (C=O) groups is 1. The molecule has 0 bridgehead atoms. The number of carbonyl (C=O) groups excluding carboxylic acids is 1. The summed E-state index contributed by atoms with van der Waals surface area (Å²) in [5.41, 5.74) is 1.18. The summed E-state index contributed by atoms with van der Waals surface area (Å²) < 4.78 is 7.15. The van der Waals surface area contributed by atoms with Crippen molar-refractivity contribution in [2.45, 2.75) is 31.4 Å². The van der Waals surface area contributed by atoms with E-state index in [-0.39, 0.29) is 24.4 Å². The maximum Gasteiger partial charge on any atom is 0.252 e. The maximum atomic E-state index is 13.1. The molecule has 7 heteroatoms. The molecule has 0 aliphatic carbocycles. The van der Waals surface area contributed by atoms with Crippen molar-refractivity contribution in [2.75, 3.05) is 25.5 Å². The number of benzene rings is 1. The van der Waals surface area contributed by atoms with Crippen LogP contribution in [0.15, 0.2) is 42.7 Å². The first-order valence-electron chi connectivity index (χ1n) is 8.31. The highest BCUT2D eigenvalue weighted by Gasteiger charge is 2.42. The second-order valence-electron chi connectivity index (χ2n) is 6.19. The molecular formula is C18H25ClN4O2. The van der Waals surface area contributed by atoms with E-state index >= 15 is 0 Å². The number of nitrogens with zero attached hydrogens (tertiary/aromatic N) is 2. The lowest BCUT2D eigenvalue weighted by atomic mass is 9.87. The van der Waals surface area contributed by atoms with Gasteiger partial charge in [0.1, 0.15) is 5.54 Å². The van der Waals surface area contributed by atoms with Crippen LogP contribution in [0.3, 0.4) is 0 Å². The topological polar surface area (TPSA) is 68.2 Å². The van der Waals surface area contributed by atoms with Gasteiger partial charge in [0.25, 0.3) is 5.91 Å². The van der Waals surface area contributed by atoms with Crippen LogP contribution >= 0.6 is 12.4 Å². The van der Waals surface area contributed by atoms with E-state index in [1.807, 2.05) is 43.5 Å². The lowest BCUT2D eigenvalue weighted by molar-refractivity contribution is -0.126. The number of piperidine rings is 1. The molecule has 1 saturated heterocycles. The van der Waals surface area contributed by atoms with E-state index in [4.69, 9.17) is 4.74 Å². The zero-order valence-corrected chi connectivity index (χ0v) is 15.4. The second-order valence-corrected chi connectivity index (χ2v) is 6.19. The summed E-state index contributed by atoms with van der Waals surface area (Å²) in [6.07, 6.45) is 5.01. The molecule has 1 aliphatic rings. The van der Waals surface area contributed by atoms with Gasteiger partial charge in [-0.05, 0) is 56.6 Å². The smallest absolute Gasteiger partial charge is 0.252 e. The summed E-state index contributed by atoms with van der Waals surface area (Å²) in [7, 11) is 1.68. The molecular weight excluding hydrogens is 340 g/mol. The maximum absolute atomic E-state index is 13.1. The highest BCUT2D eigenvalue weighted by molar-refractivity contribution is 5.96. The summed E-state index contributed by atoms with van der Waals surface area (Å²) in [5.74, 6) is -0.0186. The van der Waals surface area contributed by atoms with Gasteiger partial charge in [-0.3, -0.25) is 9.48 Å². The third-order valence-electron chi connectivity index (χ3n) is 4.76. The Morgan fingerprint density at radius 2 is 2.12 bits per heavy atom. The van der Waals surface area contributed by atoms with E-state index in [0.29, 0.717) is 12.8 Å². The number of amides is 1. The van der Waals surface area contributed by atoms with Gasteiger partial charge in [-0.25, -0.2) is 0 Å². The molecule has 2 N–H and O–H groups in total. The molecule has 0 saturated carbocycles. The van der Waals surface area contributed by atoms with Crippen LogP contribution in [0.1, 0.15) is 31.4 Å². The van der Waals surface area contributed by atoms with E-state index in [0.717, 1.165) is 24.3 Å². The summed E-state index contributed by atoms with van der Waals surface area (Å²) in [6, 6.07) is 9.66. The number of nitrogens with one attached hydrogen (secondary N) is 2. The molecule has 2 aromatic rings. The molecule has 1 fully saturated rings. The minimum absolute atomic E-state index is 0. The molecule has 6 nitrogen and oxygen atoms in total. The van der Waals surface area contributed by atoms with Crippen molar-refractivity contribution in [3.8, 4) is 0 Å². The Morgan fingerprint density at radius 1 is 1.36 bits per heavy atom. The van der Waals surface area contributed by atoms with Crippen molar-refractivity contribution >= 4 is 24.0 Å². The lowest BCUT2D eigenvalue weighted by Gasteiger charge is -2.36. The third kappa shape index (κ3) is 4.03. The first-order chi connectivity index (χ1) is 11.7. The molecule has 1 aromatic carbocycles. The van der Waals surface area contributed by atoms with Gasteiger partial charge < -0.3 is 15.4 Å². The van der Waals surface area contributed by atoms with Crippen LogP contribution in [-0.4, -0.2) is 35.9 Å². The number of anilines is 1. The Morgan fingerprint density at radius 3 is 2.76 bits per heavy atom. The minimum Gasteiger partial charge on any atom is -0.377 e. The minimum atomic E-state index is -0.641. The average molecular weight is 365 g/mol. The average Bonchev–Trinajstić information content (AvgIpc) is 3.17. The molecule has 1 atom stereocenters. The van der Waals surface area contributed by atoms with Crippen LogP contribution in [0.25, 0.3) is 0 Å². The summed E-state index contributed by atoms with van der Waals surface area (Å²) in [5, 5.41) is 10.7. The Bertz CT molecular complexity index is 684. The molecule has 1 aliphatic heterocycles. The number of hydrogen-bond acceptors (Lipinski definition) is 4. The van der Waals surface area contributed by atoms with Gasteiger partial charge in [0.2, 0.25) is 0 Å². The standard InChI is InChI=1S/C18H24N4O2.ClH/c1-14(24-2)15-5-3-6-16(13-15)21-17(23)18(7-10-19-11-8-18)22-12-4-9-20-22;/h3-6,9,12-14,19H,7-8,10-11H2,1-2H3,(H,21,23);1H. The van der Waals surface area contributed by atoms with Gasteiger partial charge in [0, 0.05) is 25.2 Å². The largest absolute Gasteiger partial charge is 0.377 e. The van der Waals surface area contributed by atoms with E-state index in [1.54, 1.807) is 18.0 Å². The summed E-state index contributed by atoms with van der Waals surface area (Å²) >= 11 is 0. The van der Waals surface area contributed by atoms with Crippen molar-refractivity contribution in [1.82, 2.24) is 15.1 Å². The third-order valence-corrected chi connectivity index (χ3v) is 4.76. The molecule has 1 unspecified atom stereocenters. The van der Waals surface area contributed by atoms with Crippen LogP contribution in [0.5, 0.6) is 0 Å². The van der Waals surface area contributed by atoms with E-state index < -0.39 is 5.54 Å². The van der Waals surface area contributed by atoms with Crippen molar-refractivity contribution < 1.29 is 9.53 Å². The Labute approximate surface area is 154 Å². The predicted octanol–water partition coefficient (Wildman–Crippen LogP) is 2.73. The monoisotopic (exact) mass is 364 g/mol. The zero-order valence-electron chi connectivity index (χ0n) is 14.6. The van der Waals surface area contributed by atoms with Crippen LogP contribution in [0.4, 0.5) is 5.69 Å². The van der Waals surface area contributed by atoms with Crippen molar-refractivity contribution in [3.05, 3.63) is 48.3 Å². The van der Waals surface area contributed by atoms with Crippen LogP contribution in [0.2, 0.25) is 0 Å². The van der Waals surface area contributed by atoms with Crippen LogP contribution in [0, 0.1) is 0 Å². The summed E-state index contributed by atoms with van der Waals surface area (Å²) in [4.78, 5) is 13.1. The molecule has 1 amide bonds. The van der Waals surface area contributed by atoms with Gasteiger partial charge >= 0.3 is 0 Å². The number of hydrogen-bond donors (Lipinski definition) is 2. The van der Waals surface area contributed by atoms with Gasteiger partial charge in [-0.1, -0.05) is 12.1 Å². The first-order valence-corrected chi connectivity index (χ1v) is 8.31. The quantitative estimate of drug-likeness (QED) is 0.856. The first kappa shape index (κ1) is 19.4. The Hall–Kier alpha value is -1.89. The second kappa shape index (κ2) is 8.47. The van der Waals surface area contributed by atoms with E-state index in [1.165, 1.54) is 0 Å². The molecule has 0 radical (unpaired) electrons. The SMILES string of the molecule is COC(C)c1cccc(NC(=O)C2(n3cccn3)CCNCC2)c1.Cl. The molecule has 2 heterocycles. The van der Waals surface area contributed by atoms with Crippen LogP contribution < -0.4 is 10.6 Å². The lowest BCUT2D eigenvalue weighted by Crippen LogP contribution is -2.52. The van der Waals surface area contributed by atoms with Gasteiger partial charge in [-0.2, -0.15) is 5.10 Å². The fraction of sp³-hybridized carbons (Fsp3) is 0.444. The Balaban J connectivity index is 0.00000225. The molecule has 1 aromatic heterocycles. The van der Waals surface area contributed by atoms with Crippen LogP contribution in [-0.2, 0) is 15.1 Å². The zero-order chi connectivity index (χ0) is 17.0. The van der Waals surface area contributed by atoms with E-state index in [9.17, 15) is 4.79 Å². The number of aromatic nitrogens is 2. The molecule has 3 rings (SSSR count). The molecule has 25 heavy (non-hydrogen) atoms. The van der Waals surface area contributed by atoms with E-state index in [2.05, 4.69) is 15.7 Å². The Kier molecular flexibility index (Phi) is 6.58. The van der Waals surface area contributed by atoms with Gasteiger partial charge in [0.15, 0.2) is 0 Å². The van der Waals surface area contributed by atoms with Gasteiger partial charge in [-0.15, -0.1) is 12.4 Å². The fourth-order valence-electron chi connectivity index (χ4n) is 3.18.